The number of carboxylic acids is 1. The summed E-state index contributed by atoms with van der Waals surface area (Å²) in [5.41, 5.74) is -0.0524. The van der Waals surface area contributed by atoms with E-state index in [1.54, 1.807) is 0 Å². The lowest BCUT2D eigenvalue weighted by Gasteiger charge is -2.51. The Morgan fingerprint density at radius 3 is 2.61 bits per heavy atom. The molecule has 5 nitrogen and oxygen atoms in total. The molecule has 2 N–H and O–H groups in total. The highest BCUT2D eigenvalue weighted by molar-refractivity contribution is 8.00. The maximum atomic E-state index is 11.6. The van der Waals surface area contributed by atoms with Crippen molar-refractivity contribution in [2.45, 2.75) is 39.3 Å². The first-order valence-electron chi connectivity index (χ1n) is 6.08. The van der Waals surface area contributed by atoms with E-state index in [0.29, 0.717) is 6.61 Å². The van der Waals surface area contributed by atoms with Crippen LogP contribution in [0.1, 0.15) is 27.2 Å². The lowest BCUT2D eigenvalue weighted by Crippen LogP contribution is -2.62. The minimum atomic E-state index is -0.895. The van der Waals surface area contributed by atoms with Crippen molar-refractivity contribution in [2.24, 2.45) is 5.41 Å². The van der Waals surface area contributed by atoms with E-state index in [4.69, 9.17) is 9.84 Å². The van der Waals surface area contributed by atoms with Crippen LogP contribution in [0.15, 0.2) is 0 Å². The summed E-state index contributed by atoms with van der Waals surface area (Å²) in [4.78, 5) is 21.9. The summed E-state index contributed by atoms with van der Waals surface area (Å²) < 4.78 is 5.58. The fourth-order valence-electron chi connectivity index (χ4n) is 2.08. The second-order valence-corrected chi connectivity index (χ2v) is 5.99. The van der Waals surface area contributed by atoms with Crippen LogP contribution in [-0.4, -0.2) is 47.2 Å². The fraction of sp³-hybridized carbons (Fsp3) is 0.833. The fourth-order valence-corrected chi connectivity index (χ4v) is 2.63. The van der Waals surface area contributed by atoms with Gasteiger partial charge in [-0.3, -0.25) is 9.59 Å². The van der Waals surface area contributed by atoms with E-state index in [0.717, 1.165) is 18.2 Å². The summed E-state index contributed by atoms with van der Waals surface area (Å²) in [7, 11) is 0. The number of aliphatic carboxylic acids is 1. The molecule has 0 aromatic carbocycles. The standard InChI is InChI=1S/C12H21NO4S/c1-4-17-9-5-8(12(9,2)3)13-10(14)6-18-7-11(15)16/h8-9H,4-7H2,1-3H3,(H,13,14)(H,15,16). The number of carbonyl (C=O) groups is 2. The Morgan fingerprint density at radius 2 is 2.11 bits per heavy atom. The first-order chi connectivity index (χ1) is 8.37. The van der Waals surface area contributed by atoms with Crippen molar-refractivity contribution >= 4 is 23.6 Å². The molecule has 0 saturated heterocycles. The van der Waals surface area contributed by atoms with Crippen molar-refractivity contribution in [1.29, 1.82) is 0 Å². The average molecular weight is 275 g/mol. The van der Waals surface area contributed by atoms with E-state index in [9.17, 15) is 9.59 Å². The molecule has 104 valence electrons. The lowest BCUT2D eigenvalue weighted by molar-refractivity contribution is -0.134. The van der Waals surface area contributed by atoms with Gasteiger partial charge in [0.25, 0.3) is 0 Å². The van der Waals surface area contributed by atoms with Gasteiger partial charge >= 0.3 is 5.97 Å². The number of rotatable bonds is 7. The van der Waals surface area contributed by atoms with Crippen molar-refractivity contribution in [2.75, 3.05) is 18.1 Å². The summed E-state index contributed by atoms with van der Waals surface area (Å²) >= 11 is 1.11. The van der Waals surface area contributed by atoms with Crippen LogP contribution < -0.4 is 5.32 Å². The molecule has 1 saturated carbocycles. The molecule has 2 atom stereocenters. The molecule has 0 radical (unpaired) electrons. The predicted octanol–water partition coefficient (Wildman–Crippen LogP) is 1.12. The molecule has 18 heavy (non-hydrogen) atoms. The van der Waals surface area contributed by atoms with E-state index in [1.165, 1.54) is 0 Å². The third-order valence-corrected chi connectivity index (χ3v) is 4.26. The molecule has 0 bridgehead atoms. The molecule has 2 unspecified atom stereocenters. The molecule has 0 aliphatic heterocycles. The van der Waals surface area contributed by atoms with Gasteiger partial charge in [0.05, 0.1) is 17.6 Å². The third kappa shape index (κ3) is 3.88. The Hall–Kier alpha value is -0.750. The zero-order valence-corrected chi connectivity index (χ0v) is 11.9. The van der Waals surface area contributed by atoms with Gasteiger partial charge in [0.2, 0.25) is 5.91 Å². The van der Waals surface area contributed by atoms with Crippen molar-refractivity contribution in [3.63, 3.8) is 0 Å². The zero-order valence-electron chi connectivity index (χ0n) is 11.1. The minimum absolute atomic E-state index is 0.0386. The van der Waals surface area contributed by atoms with Gasteiger partial charge in [0, 0.05) is 18.1 Å². The van der Waals surface area contributed by atoms with Crippen LogP contribution in [0.5, 0.6) is 0 Å². The van der Waals surface area contributed by atoms with E-state index in [1.807, 2.05) is 6.92 Å². The van der Waals surface area contributed by atoms with Crippen LogP contribution in [-0.2, 0) is 14.3 Å². The van der Waals surface area contributed by atoms with Crippen LogP contribution in [0, 0.1) is 5.41 Å². The average Bonchev–Trinajstić information content (AvgIpc) is 2.27. The number of ether oxygens (including phenoxy) is 1. The maximum absolute atomic E-state index is 11.6. The molecule has 1 amide bonds. The SMILES string of the molecule is CCOC1CC(NC(=O)CSCC(=O)O)C1(C)C. The number of hydrogen-bond donors (Lipinski definition) is 2. The van der Waals surface area contributed by atoms with Crippen molar-refractivity contribution < 1.29 is 19.4 Å². The Morgan fingerprint density at radius 1 is 1.44 bits per heavy atom. The highest BCUT2D eigenvalue weighted by Gasteiger charge is 2.49. The molecule has 1 fully saturated rings. The van der Waals surface area contributed by atoms with Crippen LogP contribution in [0.4, 0.5) is 0 Å². The highest BCUT2D eigenvalue weighted by Crippen LogP contribution is 2.42. The van der Waals surface area contributed by atoms with Crippen molar-refractivity contribution in [3.8, 4) is 0 Å². The van der Waals surface area contributed by atoms with E-state index in [2.05, 4.69) is 19.2 Å². The minimum Gasteiger partial charge on any atom is -0.481 e. The summed E-state index contributed by atoms with van der Waals surface area (Å²) in [6, 6.07) is 0.118. The van der Waals surface area contributed by atoms with Crippen LogP contribution >= 0.6 is 11.8 Å². The normalized spacial score (nSPS) is 25.3. The van der Waals surface area contributed by atoms with Gasteiger partial charge in [0.15, 0.2) is 0 Å². The van der Waals surface area contributed by atoms with Gasteiger partial charge < -0.3 is 15.2 Å². The molecule has 0 spiro atoms. The largest absolute Gasteiger partial charge is 0.481 e. The Labute approximate surface area is 112 Å². The van der Waals surface area contributed by atoms with E-state index >= 15 is 0 Å². The number of thioether (sulfide) groups is 1. The molecule has 1 aliphatic rings. The molecule has 1 aliphatic carbocycles. The topological polar surface area (TPSA) is 75.6 Å². The van der Waals surface area contributed by atoms with Gasteiger partial charge in [-0.2, -0.15) is 0 Å². The Bertz CT molecular complexity index is 319. The predicted molar refractivity (Wildman–Crippen MR) is 70.7 cm³/mol. The second-order valence-electron chi connectivity index (χ2n) is 5.01. The molecule has 0 heterocycles. The smallest absolute Gasteiger partial charge is 0.313 e. The number of nitrogens with one attached hydrogen (secondary N) is 1. The molecular formula is C12H21NO4S. The first kappa shape index (κ1) is 15.3. The summed E-state index contributed by atoms with van der Waals surface area (Å²) in [6.07, 6.45) is 1.02. The number of amides is 1. The maximum Gasteiger partial charge on any atom is 0.313 e. The van der Waals surface area contributed by atoms with E-state index in [-0.39, 0.29) is 35.0 Å². The third-order valence-electron chi connectivity index (χ3n) is 3.34. The quantitative estimate of drug-likeness (QED) is 0.728. The molecule has 0 aromatic heterocycles. The molecule has 0 aromatic rings. The molecule has 1 rings (SSSR count). The summed E-state index contributed by atoms with van der Waals surface area (Å²) in [6.45, 7) is 6.80. The van der Waals surface area contributed by atoms with Gasteiger partial charge in [-0.05, 0) is 13.3 Å². The molecule has 6 heteroatoms. The lowest BCUT2D eigenvalue weighted by atomic mass is 9.64. The summed E-state index contributed by atoms with van der Waals surface area (Å²) in [5.74, 6) is -0.844. The number of carboxylic acid groups (broad SMARTS) is 1. The zero-order chi connectivity index (χ0) is 13.8. The molecular weight excluding hydrogens is 254 g/mol. The van der Waals surface area contributed by atoms with Crippen molar-refractivity contribution in [3.05, 3.63) is 0 Å². The summed E-state index contributed by atoms with van der Waals surface area (Å²) in [5, 5.41) is 11.4. The second kappa shape index (κ2) is 6.43. The number of hydrogen-bond acceptors (Lipinski definition) is 4. The monoisotopic (exact) mass is 275 g/mol. The van der Waals surface area contributed by atoms with Gasteiger partial charge in [-0.1, -0.05) is 13.8 Å². The first-order valence-corrected chi connectivity index (χ1v) is 7.24. The van der Waals surface area contributed by atoms with Crippen LogP contribution in [0.3, 0.4) is 0 Å². The van der Waals surface area contributed by atoms with Crippen LogP contribution in [0.25, 0.3) is 0 Å². The highest BCUT2D eigenvalue weighted by atomic mass is 32.2. The van der Waals surface area contributed by atoms with Crippen LogP contribution in [0.2, 0.25) is 0 Å². The number of carbonyl (C=O) groups excluding carboxylic acids is 1. The van der Waals surface area contributed by atoms with E-state index < -0.39 is 5.97 Å². The van der Waals surface area contributed by atoms with Gasteiger partial charge in [0.1, 0.15) is 0 Å². The van der Waals surface area contributed by atoms with Gasteiger partial charge in [-0.15, -0.1) is 11.8 Å². The van der Waals surface area contributed by atoms with Gasteiger partial charge in [-0.25, -0.2) is 0 Å². The Kier molecular flexibility index (Phi) is 5.47. The van der Waals surface area contributed by atoms with Crippen molar-refractivity contribution in [1.82, 2.24) is 5.32 Å². The Balaban J connectivity index is 2.27.